The normalized spacial score (nSPS) is 27.6. The highest BCUT2D eigenvalue weighted by atomic mass is 14.9. The number of rotatable bonds is 2. The number of nitrogens with one attached hydrogen (secondary N) is 1. The molecule has 1 fully saturated rings. The van der Waals surface area contributed by atoms with Gasteiger partial charge < -0.3 is 5.32 Å². The second kappa shape index (κ2) is 4.67. The molecule has 0 saturated heterocycles. The van der Waals surface area contributed by atoms with E-state index in [2.05, 4.69) is 25.1 Å². The Hall–Kier alpha value is -0.480. The van der Waals surface area contributed by atoms with Gasteiger partial charge in [-0.15, -0.1) is 6.42 Å². The molecule has 1 heteroatoms. The van der Waals surface area contributed by atoms with Crippen molar-refractivity contribution >= 4 is 0 Å². The van der Waals surface area contributed by atoms with Crippen LogP contribution in [0.5, 0.6) is 0 Å². The Bertz CT molecular complexity index is 188. The highest BCUT2D eigenvalue weighted by Gasteiger charge is 2.23. The lowest BCUT2D eigenvalue weighted by atomic mass is 9.85. The summed E-state index contributed by atoms with van der Waals surface area (Å²) in [6.45, 7) is 5.47. The third-order valence-corrected chi connectivity index (χ3v) is 3.07. The van der Waals surface area contributed by atoms with Crippen LogP contribution in [0, 0.1) is 17.8 Å². The van der Waals surface area contributed by atoms with Gasteiger partial charge in [0.1, 0.15) is 0 Å². The van der Waals surface area contributed by atoms with Crippen LogP contribution in [0.15, 0.2) is 0 Å². The van der Waals surface area contributed by atoms with Gasteiger partial charge in [0.2, 0.25) is 0 Å². The highest BCUT2D eigenvalue weighted by Crippen LogP contribution is 2.33. The van der Waals surface area contributed by atoms with Gasteiger partial charge >= 0.3 is 0 Å². The van der Waals surface area contributed by atoms with Crippen molar-refractivity contribution in [3.8, 4) is 12.3 Å². The first-order valence-electron chi connectivity index (χ1n) is 5.31. The zero-order chi connectivity index (χ0) is 9.73. The molecule has 0 amide bonds. The largest absolute Gasteiger partial charge is 0.303 e. The first-order chi connectivity index (χ1) is 6.14. The van der Waals surface area contributed by atoms with Crippen molar-refractivity contribution in [2.24, 2.45) is 5.41 Å². The molecule has 0 aromatic carbocycles. The summed E-state index contributed by atoms with van der Waals surface area (Å²) in [7, 11) is 0. The molecule has 1 N–H and O–H groups in total. The summed E-state index contributed by atoms with van der Waals surface area (Å²) < 4.78 is 0. The van der Waals surface area contributed by atoms with E-state index in [0.29, 0.717) is 11.5 Å². The molecule has 1 atom stereocenters. The fourth-order valence-electron chi connectivity index (χ4n) is 2.07. The second-order valence-electron chi connectivity index (χ2n) is 4.88. The summed E-state index contributed by atoms with van der Waals surface area (Å²) in [5.74, 6) is 2.65. The van der Waals surface area contributed by atoms with Crippen LogP contribution in [-0.4, -0.2) is 12.6 Å². The van der Waals surface area contributed by atoms with Crippen molar-refractivity contribution in [3.63, 3.8) is 0 Å². The van der Waals surface area contributed by atoms with E-state index in [-0.39, 0.29) is 0 Å². The average Bonchev–Trinajstić information content (AvgIpc) is 2.23. The summed E-state index contributed by atoms with van der Waals surface area (Å²) in [6, 6.07) is 0.665. The minimum atomic E-state index is 0.548. The van der Waals surface area contributed by atoms with E-state index in [0.717, 1.165) is 6.54 Å². The number of terminal acetylenes is 1. The van der Waals surface area contributed by atoms with Crippen molar-refractivity contribution in [1.29, 1.82) is 0 Å². The van der Waals surface area contributed by atoms with E-state index in [1.807, 2.05) is 0 Å². The second-order valence-corrected chi connectivity index (χ2v) is 4.88. The van der Waals surface area contributed by atoms with Crippen LogP contribution in [0.1, 0.15) is 46.0 Å². The Morgan fingerprint density at radius 3 is 2.85 bits per heavy atom. The quantitative estimate of drug-likeness (QED) is 0.507. The zero-order valence-corrected chi connectivity index (χ0v) is 8.90. The minimum Gasteiger partial charge on any atom is -0.303 e. The van der Waals surface area contributed by atoms with Gasteiger partial charge in [-0.3, -0.25) is 0 Å². The van der Waals surface area contributed by atoms with E-state index in [9.17, 15) is 0 Å². The summed E-state index contributed by atoms with van der Waals surface area (Å²) in [5.41, 5.74) is 0.548. The van der Waals surface area contributed by atoms with Gasteiger partial charge in [-0.1, -0.05) is 26.2 Å². The molecule has 1 unspecified atom stereocenters. The molecule has 0 spiro atoms. The lowest BCUT2D eigenvalue weighted by molar-refractivity contribution is 0.310. The molecule has 1 rings (SSSR count). The zero-order valence-electron chi connectivity index (χ0n) is 8.90. The predicted molar refractivity (Wildman–Crippen MR) is 57.5 cm³/mol. The monoisotopic (exact) mass is 179 g/mol. The maximum atomic E-state index is 5.23. The SMILES string of the molecule is C#CCNC1CCCC(C)(C)CC1. The Morgan fingerprint density at radius 1 is 1.38 bits per heavy atom. The molecule has 0 radical (unpaired) electrons. The van der Waals surface area contributed by atoms with Crippen LogP contribution in [0.25, 0.3) is 0 Å². The molecule has 13 heavy (non-hydrogen) atoms. The fraction of sp³-hybridized carbons (Fsp3) is 0.833. The summed E-state index contributed by atoms with van der Waals surface area (Å²) in [6.07, 6.45) is 11.8. The van der Waals surface area contributed by atoms with Crippen LogP contribution in [-0.2, 0) is 0 Å². The minimum absolute atomic E-state index is 0.548. The van der Waals surface area contributed by atoms with Crippen molar-refractivity contribution in [2.75, 3.05) is 6.54 Å². The van der Waals surface area contributed by atoms with Crippen LogP contribution in [0.2, 0.25) is 0 Å². The Morgan fingerprint density at radius 2 is 2.15 bits per heavy atom. The van der Waals surface area contributed by atoms with E-state index in [4.69, 9.17) is 6.42 Å². The van der Waals surface area contributed by atoms with Gasteiger partial charge in [-0.2, -0.15) is 0 Å². The molecular formula is C12H21N. The molecular weight excluding hydrogens is 158 g/mol. The van der Waals surface area contributed by atoms with Gasteiger partial charge in [-0.05, 0) is 31.1 Å². The van der Waals surface area contributed by atoms with Crippen molar-refractivity contribution in [2.45, 2.75) is 52.0 Å². The highest BCUT2D eigenvalue weighted by molar-refractivity contribution is 4.89. The molecule has 0 aliphatic heterocycles. The standard InChI is InChI=1S/C12H21N/c1-4-10-13-11-6-5-8-12(2,3)9-7-11/h1,11,13H,5-10H2,2-3H3. The third kappa shape index (κ3) is 3.83. The first kappa shape index (κ1) is 10.6. The third-order valence-electron chi connectivity index (χ3n) is 3.07. The van der Waals surface area contributed by atoms with Crippen LogP contribution in [0.4, 0.5) is 0 Å². The Balaban J connectivity index is 2.33. The molecule has 0 bridgehead atoms. The summed E-state index contributed by atoms with van der Waals surface area (Å²) >= 11 is 0. The molecule has 0 aromatic heterocycles. The van der Waals surface area contributed by atoms with E-state index in [1.165, 1.54) is 32.1 Å². The first-order valence-corrected chi connectivity index (χ1v) is 5.31. The van der Waals surface area contributed by atoms with E-state index < -0.39 is 0 Å². The van der Waals surface area contributed by atoms with Crippen LogP contribution >= 0.6 is 0 Å². The summed E-state index contributed by atoms with van der Waals surface area (Å²) in [5, 5.41) is 3.41. The maximum absolute atomic E-state index is 5.23. The Labute approximate surface area is 82.3 Å². The summed E-state index contributed by atoms with van der Waals surface area (Å²) in [4.78, 5) is 0. The van der Waals surface area contributed by atoms with E-state index in [1.54, 1.807) is 0 Å². The van der Waals surface area contributed by atoms with Crippen LogP contribution < -0.4 is 5.32 Å². The topological polar surface area (TPSA) is 12.0 Å². The smallest absolute Gasteiger partial charge is 0.0575 e. The van der Waals surface area contributed by atoms with Crippen molar-refractivity contribution in [1.82, 2.24) is 5.32 Å². The fourth-order valence-corrected chi connectivity index (χ4v) is 2.07. The van der Waals surface area contributed by atoms with Crippen LogP contribution in [0.3, 0.4) is 0 Å². The molecule has 1 aliphatic carbocycles. The Kier molecular flexibility index (Phi) is 3.81. The van der Waals surface area contributed by atoms with Gasteiger partial charge in [0.25, 0.3) is 0 Å². The molecule has 0 aromatic rings. The van der Waals surface area contributed by atoms with Gasteiger partial charge in [-0.25, -0.2) is 0 Å². The lowest BCUT2D eigenvalue weighted by Gasteiger charge is -2.21. The average molecular weight is 179 g/mol. The number of hydrogen-bond donors (Lipinski definition) is 1. The lowest BCUT2D eigenvalue weighted by Crippen LogP contribution is -2.28. The van der Waals surface area contributed by atoms with Gasteiger partial charge in [0, 0.05) is 6.04 Å². The molecule has 1 saturated carbocycles. The maximum Gasteiger partial charge on any atom is 0.0575 e. The number of hydrogen-bond acceptors (Lipinski definition) is 1. The van der Waals surface area contributed by atoms with Gasteiger partial charge in [0.15, 0.2) is 0 Å². The predicted octanol–water partition coefficient (Wildman–Crippen LogP) is 2.57. The van der Waals surface area contributed by atoms with Crippen molar-refractivity contribution in [3.05, 3.63) is 0 Å². The molecule has 74 valence electrons. The molecule has 0 heterocycles. The molecule has 1 nitrogen and oxygen atoms in total. The van der Waals surface area contributed by atoms with Gasteiger partial charge in [0.05, 0.1) is 6.54 Å². The van der Waals surface area contributed by atoms with E-state index >= 15 is 0 Å². The molecule has 1 aliphatic rings. The van der Waals surface area contributed by atoms with Crippen molar-refractivity contribution < 1.29 is 0 Å².